The van der Waals surface area contributed by atoms with Crippen molar-refractivity contribution in [2.45, 2.75) is 50.9 Å². The standard InChI is InChI=1S/C21H21ClF3NO2.C21H23ClF3NO/c22-18-7-3-15(4-8-18)12-20(27)26-11-1-2-16(13-26)14-28-19-9-5-17(6-10-19)21(23,24)25;22-19-7-3-16(4-8-19)11-13-26-12-1-2-17(14-26)15-27-20-9-5-18(6-10-20)21(23,24)25/h3-10,16H,1-2,11-14H2;3-10,17H,1-2,11-15H2. The van der Waals surface area contributed by atoms with E-state index < -0.39 is 23.5 Å². The Kier molecular flexibility index (Phi) is 15.2. The van der Waals surface area contributed by atoms with E-state index in [1.165, 1.54) is 29.8 Å². The topological polar surface area (TPSA) is 42.0 Å². The van der Waals surface area contributed by atoms with Crippen LogP contribution in [0.3, 0.4) is 0 Å². The largest absolute Gasteiger partial charge is 0.493 e. The van der Waals surface area contributed by atoms with Crippen molar-refractivity contribution in [2.24, 2.45) is 11.8 Å². The molecule has 2 aliphatic heterocycles. The predicted octanol–water partition coefficient (Wildman–Crippen LogP) is 10.9. The summed E-state index contributed by atoms with van der Waals surface area (Å²) < 4.78 is 87.0. The van der Waals surface area contributed by atoms with Crippen molar-refractivity contribution >= 4 is 29.1 Å². The Morgan fingerprint density at radius 1 is 0.618 bits per heavy atom. The second kappa shape index (κ2) is 19.8. The average Bonchev–Trinajstić information content (AvgIpc) is 3.17. The van der Waals surface area contributed by atoms with Crippen molar-refractivity contribution in [3.8, 4) is 11.5 Å². The maximum absolute atomic E-state index is 12.6. The fourth-order valence-electron chi connectivity index (χ4n) is 6.65. The Labute approximate surface area is 328 Å². The van der Waals surface area contributed by atoms with E-state index in [2.05, 4.69) is 17.0 Å². The number of alkyl halides is 6. The van der Waals surface area contributed by atoms with E-state index in [9.17, 15) is 31.1 Å². The minimum absolute atomic E-state index is 0.0570. The van der Waals surface area contributed by atoms with Crippen molar-refractivity contribution in [1.29, 1.82) is 0 Å². The van der Waals surface area contributed by atoms with Gasteiger partial charge in [-0.3, -0.25) is 4.79 Å². The Morgan fingerprint density at radius 2 is 1.07 bits per heavy atom. The van der Waals surface area contributed by atoms with Crippen LogP contribution in [-0.2, 0) is 30.0 Å². The number of benzene rings is 4. The Morgan fingerprint density at radius 3 is 1.56 bits per heavy atom. The molecule has 0 bridgehead atoms. The van der Waals surface area contributed by atoms with Crippen LogP contribution in [0.5, 0.6) is 11.5 Å². The molecule has 2 aliphatic rings. The number of likely N-dealkylation sites (tertiary alicyclic amines) is 2. The summed E-state index contributed by atoms with van der Waals surface area (Å²) in [5, 5.41) is 1.38. The van der Waals surface area contributed by atoms with Gasteiger partial charge in [-0.2, -0.15) is 26.3 Å². The molecule has 0 aromatic heterocycles. The molecule has 2 fully saturated rings. The van der Waals surface area contributed by atoms with Crippen molar-refractivity contribution in [1.82, 2.24) is 9.80 Å². The Balaban J connectivity index is 0.000000211. The van der Waals surface area contributed by atoms with Crippen LogP contribution in [0.2, 0.25) is 10.0 Å². The van der Waals surface area contributed by atoms with Gasteiger partial charge in [-0.1, -0.05) is 47.5 Å². The Bertz CT molecular complexity index is 1770. The second-order valence-electron chi connectivity index (χ2n) is 14.0. The highest BCUT2D eigenvalue weighted by Crippen LogP contribution is 2.32. The van der Waals surface area contributed by atoms with E-state index in [1.54, 1.807) is 12.1 Å². The van der Waals surface area contributed by atoms with Gasteiger partial charge in [0.15, 0.2) is 0 Å². The third-order valence-electron chi connectivity index (χ3n) is 9.71. The number of hydrogen-bond acceptors (Lipinski definition) is 4. The van der Waals surface area contributed by atoms with Crippen molar-refractivity contribution in [2.75, 3.05) is 45.9 Å². The number of nitrogens with zero attached hydrogens (tertiary/aromatic N) is 2. The van der Waals surface area contributed by atoms with E-state index in [4.69, 9.17) is 32.7 Å². The maximum atomic E-state index is 12.6. The van der Waals surface area contributed by atoms with Gasteiger partial charge in [0.2, 0.25) is 5.91 Å². The number of hydrogen-bond donors (Lipinski definition) is 0. The summed E-state index contributed by atoms with van der Waals surface area (Å²) in [6, 6.07) is 24.7. The summed E-state index contributed by atoms with van der Waals surface area (Å²) in [6.45, 7) is 5.21. The molecular weight excluding hydrogens is 765 g/mol. The van der Waals surface area contributed by atoms with Crippen LogP contribution in [0.25, 0.3) is 0 Å². The van der Waals surface area contributed by atoms with Crippen LogP contribution in [0.15, 0.2) is 97.1 Å². The van der Waals surface area contributed by atoms with Gasteiger partial charge in [0.1, 0.15) is 11.5 Å². The molecule has 4 aromatic carbocycles. The van der Waals surface area contributed by atoms with Crippen LogP contribution in [0, 0.1) is 11.8 Å². The van der Waals surface area contributed by atoms with E-state index in [-0.39, 0.29) is 11.8 Å². The highest BCUT2D eigenvalue weighted by molar-refractivity contribution is 6.30. The van der Waals surface area contributed by atoms with Gasteiger partial charge < -0.3 is 19.3 Å². The van der Waals surface area contributed by atoms with E-state index in [0.29, 0.717) is 55.2 Å². The molecule has 4 aromatic rings. The summed E-state index contributed by atoms with van der Waals surface area (Å²) >= 11 is 11.8. The van der Waals surface area contributed by atoms with Gasteiger partial charge in [0.25, 0.3) is 0 Å². The molecule has 1 amide bonds. The fraction of sp³-hybridized carbons (Fsp3) is 0.405. The van der Waals surface area contributed by atoms with Gasteiger partial charge in [-0.05, 0) is 123 Å². The fourth-order valence-corrected chi connectivity index (χ4v) is 6.91. The van der Waals surface area contributed by atoms with Gasteiger partial charge in [0, 0.05) is 48.1 Å². The molecule has 296 valence electrons. The predicted molar refractivity (Wildman–Crippen MR) is 203 cm³/mol. The number of rotatable bonds is 11. The average molecular weight is 810 g/mol. The van der Waals surface area contributed by atoms with E-state index >= 15 is 0 Å². The molecule has 0 aliphatic carbocycles. The smallest absolute Gasteiger partial charge is 0.416 e. The van der Waals surface area contributed by atoms with E-state index in [1.807, 2.05) is 29.2 Å². The van der Waals surface area contributed by atoms with Gasteiger partial charge in [-0.25, -0.2) is 0 Å². The van der Waals surface area contributed by atoms with E-state index in [0.717, 1.165) is 86.6 Å². The summed E-state index contributed by atoms with van der Waals surface area (Å²) in [7, 11) is 0. The van der Waals surface area contributed by atoms with Gasteiger partial charge >= 0.3 is 12.4 Å². The number of ether oxygens (including phenoxy) is 2. The summed E-state index contributed by atoms with van der Waals surface area (Å²) in [5.41, 5.74) is 0.831. The number of piperidine rings is 2. The number of amides is 1. The second-order valence-corrected chi connectivity index (χ2v) is 14.9. The number of halogens is 8. The first-order valence-corrected chi connectivity index (χ1v) is 19.1. The van der Waals surface area contributed by atoms with Crippen molar-refractivity contribution in [3.63, 3.8) is 0 Å². The van der Waals surface area contributed by atoms with Crippen LogP contribution in [-0.4, -0.2) is 61.6 Å². The first-order chi connectivity index (χ1) is 26.2. The van der Waals surface area contributed by atoms with Crippen LogP contribution in [0.4, 0.5) is 26.3 Å². The molecule has 2 heterocycles. The maximum Gasteiger partial charge on any atom is 0.416 e. The molecule has 0 radical (unpaired) electrons. The molecule has 2 unspecified atom stereocenters. The Hall–Kier alpha value is -3.93. The minimum Gasteiger partial charge on any atom is -0.493 e. The summed E-state index contributed by atoms with van der Waals surface area (Å²) in [5.74, 6) is 1.50. The zero-order valence-corrected chi connectivity index (χ0v) is 31.7. The van der Waals surface area contributed by atoms with Crippen LogP contribution >= 0.6 is 23.2 Å². The quantitative estimate of drug-likeness (QED) is 0.142. The van der Waals surface area contributed by atoms with Gasteiger partial charge in [0.05, 0.1) is 30.8 Å². The highest BCUT2D eigenvalue weighted by atomic mass is 35.5. The zero-order chi connectivity index (χ0) is 39.4. The lowest BCUT2D eigenvalue weighted by molar-refractivity contribution is -0.138. The SMILES string of the molecule is FC(F)(F)c1ccc(OCC2CCCN(CCc3ccc(Cl)cc3)C2)cc1.O=C(Cc1ccc(Cl)cc1)N1CCCC(COc2ccc(C(F)(F)F)cc2)C1. The zero-order valence-electron chi connectivity index (χ0n) is 30.2. The molecule has 13 heteroatoms. The first-order valence-electron chi connectivity index (χ1n) is 18.3. The third kappa shape index (κ3) is 14.0. The highest BCUT2D eigenvalue weighted by Gasteiger charge is 2.31. The van der Waals surface area contributed by atoms with Gasteiger partial charge in [-0.15, -0.1) is 0 Å². The molecule has 2 atom stereocenters. The lowest BCUT2D eigenvalue weighted by Crippen LogP contribution is -2.42. The summed E-state index contributed by atoms with van der Waals surface area (Å²) in [6.07, 6.45) is -3.37. The van der Waals surface area contributed by atoms with Crippen LogP contribution < -0.4 is 9.47 Å². The number of carbonyl (C=O) groups excluding carboxylic acids is 1. The van der Waals surface area contributed by atoms with Crippen LogP contribution in [0.1, 0.15) is 47.9 Å². The lowest BCUT2D eigenvalue weighted by atomic mass is 9.98. The molecule has 0 N–H and O–H groups in total. The third-order valence-corrected chi connectivity index (χ3v) is 10.2. The minimum atomic E-state index is -4.35. The lowest BCUT2D eigenvalue weighted by Gasteiger charge is -2.32. The molecule has 2 saturated heterocycles. The molecule has 5 nitrogen and oxygen atoms in total. The molecule has 0 spiro atoms. The normalized spacial score (nSPS) is 17.9. The first kappa shape index (κ1) is 42.2. The summed E-state index contributed by atoms with van der Waals surface area (Å²) in [4.78, 5) is 16.8. The van der Waals surface area contributed by atoms with Crippen molar-refractivity contribution < 1.29 is 40.6 Å². The molecular formula is C42H44Cl2F6N2O3. The molecule has 6 rings (SSSR count). The number of carbonyl (C=O) groups is 1. The monoisotopic (exact) mass is 808 g/mol. The molecule has 0 saturated carbocycles. The van der Waals surface area contributed by atoms with Crippen molar-refractivity contribution in [3.05, 3.63) is 129 Å². The molecule has 55 heavy (non-hydrogen) atoms.